The van der Waals surface area contributed by atoms with Crippen molar-refractivity contribution in [2.45, 2.75) is 13.0 Å². The monoisotopic (exact) mass is 244 g/mol. The minimum absolute atomic E-state index is 0.170. The van der Waals surface area contributed by atoms with Gasteiger partial charge in [-0.25, -0.2) is 10.8 Å². The Hall–Kier alpha value is -1.60. The molecule has 0 spiro atoms. The number of likely N-dealkylation sites (N-methyl/N-ethyl adjacent to an activating group) is 1. The number of nitrogen functional groups attached to an aromatic ring is 1. The Kier molecular flexibility index (Phi) is 4.27. The van der Waals surface area contributed by atoms with Crippen LogP contribution in [0.4, 0.5) is 11.8 Å². The Balaban J connectivity index is 2.83. The lowest BCUT2D eigenvalue weighted by Gasteiger charge is -2.14. The second-order valence-electron chi connectivity index (χ2n) is 3.01. The second-order valence-corrected chi connectivity index (χ2v) is 3.42. The first-order chi connectivity index (χ1) is 7.58. The zero-order valence-corrected chi connectivity index (χ0v) is 9.67. The van der Waals surface area contributed by atoms with E-state index in [4.69, 9.17) is 17.4 Å². The Morgan fingerprint density at radius 2 is 2.31 bits per heavy atom. The van der Waals surface area contributed by atoms with Gasteiger partial charge in [-0.15, -0.1) is 0 Å². The molecule has 5 N–H and O–H groups in total. The molecular formula is C8H13ClN6O. The SMILES string of the molecule is CNC(=O)C(C)Nc1nc(NN)ncc1Cl. The molecule has 0 radical (unpaired) electrons. The van der Waals surface area contributed by atoms with Crippen molar-refractivity contribution >= 4 is 29.3 Å². The number of carbonyl (C=O) groups is 1. The molecule has 1 aromatic heterocycles. The number of hydrogen-bond acceptors (Lipinski definition) is 6. The molecule has 1 rings (SSSR count). The molecule has 0 aliphatic carbocycles. The van der Waals surface area contributed by atoms with E-state index in [0.717, 1.165) is 0 Å². The van der Waals surface area contributed by atoms with Crippen molar-refractivity contribution in [1.29, 1.82) is 0 Å². The molecule has 1 unspecified atom stereocenters. The number of hydrazine groups is 1. The minimum Gasteiger partial charge on any atom is -0.357 e. The molecule has 1 amide bonds. The predicted molar refractivity (Wildman–Crippen MR) is 62.0 cm³/mol. The molecule has 7 nitrogen and oxygen atoms in total. The van der Waals surface area contributed by atoms with Crippen molar-refractivity contribution in [3.05, 3.63) is 11.2 Å². The van der Waals surface area contributed by atoms with Gasteiger partial charge < -0.3 is 10.6 Å². The van der Waals surface area contributed by atoms with Crippen molar-refractivity contribution in [3.63, 3.8) is 0 Å². The number of nitrogens with zero attached hydrogens (tertiary/aromatic N) is 2. The summed E-state index contributed by atoms with van der Waals surface area (Å²) in [7, 11) is 1.55. The largest absolute Gasteiger partial charge is 0.357 e. The van der Waals surface area contributed by atoms with Crippen molar-refractivity contribution in [2.75, 3.05) is 17.8 Å². The van der Waals surface area contributed by atoms with Gasteiger partial charge in [-0.1, -0.05) is 11.6 Å². The Bertz CT molecular complexity index is 385. The van der Waals surface area contributed by atoms with E-state index < -0.39 is 6.04 Å². The molecule has 0 aliphatic rings. The van der Waals surface area contributed by atoms with Gasteiger partial charge in [-0.05, 0) is 6.92 Å². The zero-order chi connectivity index (χ0) is 12.1. The third kappa shape index (κ3) is 2.94. The van der Waals surface area contributed by atoms with E-state index in [9.17, 15) is 4.79 Å². The minimum atomic E-state index is -0.456. The quantitative estimate of drug-likeness (QED) is 0.438. The van der Waals surface area contributed by atoms with Gasteiger partial charge in [0.25, 0.3) is 0 Å². The molecule has 0 fully saturated rings. The molecule has 0 aromatic carbocycles. The number of nitrogens with one attached hydrogen (secondary N) is 3. The lowest BCUT2D eigenvalue weighted by atomic mass is 10.3. The third-order valence-electron chi connectivity index (χ3n) is 1.87. The third-order valence-corrected chi connectivity index (χ3v) is 2.14. The van der Waals surface area contributed by atoms with E-state index in [1.54, 1.807) is 14.0 Å². The van der Waals surface area contributed by atoms with Crippen LogP contribution in [0.25, 0.3) is 0 Å². The first kappa shape index (κ1) is 12.5. The molecule has 0 aliphatic heterocycles. The van der Waals surface area contributed by atoms with Gasteiger partial charge in [0.05, 0.1) is 6.20 Å². The molecule has 0 saturated carbocycles. The summed E-state index contributed by atoms with van der Waals surface area (Å²) in [5, 5.41) is 5.66. The van der Waals surface area contributed by atoms with Crippen LogP contribution < -0.4 is 21.9 Å². The molecule has 0 bridgehead atoms. The van der Waals surface area contributed by atoms with Crippen molar-refractivity contribution in [2.24, 2.45) is 5.84 Å². The van der Waals surface area contributed by atoms with Gasteiger partial charge in [-0.3, -0.25) is 10.2 Å². The summed E-state index contributed by atoms with van der Waals surface area (Å²) in [5.41, 5.74) is 2.29. The number of aromatic nitrogens is 2. The smallest absolute Gasteiger partial charge is 0.241 e. The number of anilines is 2. The summed E-state index contributed by atoms with van der Waals surface area (Å²) < 4.78 is 0. The highest BCUT2D eigenvalue weighted by Gasteiger charge is 2.13. The number of amides is 1. The summed E-state index contributed by atoms with van der Waals surface area (Å²) in [6, 6.07) is -0.456. The molecule has 1 aromatic rings. The molecule has 1 atom stereocenters. The molecule has 0 saturated heterocycles. The van der Waals surface area contributed by atoms with Gasteiger partial charge in [-0.2, -0.15) is 4.98 Å². The fourth-order valence-electron chi connectivity index (χ4n) is 1.03. The highest BCUT2D eigenvalue weighted by Crippen LogP contribution is 2.19. The molecule has 8 heteroatoms. The summed E-state index contributed by atoms with van der Waals surface area (Å²) in [5.74, 6) is 5.56. The first-order valence-electron chi connectivity index (χ1n) is 4.55. The molecule has 1 heterocycles. The van der Waals surface area contributed by atoms with Crippen LogP contribution in [0, 0.1) is 0 Å². The number of halogens is 1. The van der Waals surface area contributed by atoms with Crippen LogP contribution in [0.2, 0.25) is 5.02 Å². The van der Waals surface area contributed by atoms with E-state index in [-0.39, 0.29) is 11.9 Å². The highest BCUT2D eigenvalue weighted by atomic mass is 35.5. The van der Waals surface area contributed by atoms with E-state index in [1.807, 2.05) is 0 Å². The van der Waals surface area contributed by atoms with E-state index in [1.165, 1.54) is 6.20 Å². The highest BCUT2D eigenvalue weighted by molar-refractivity contribution is 6.32. The number of carbonyl (C=O) groups excluding carboxylic acids is 1. The van der Waals surface area contributed by atoms with E-state index in [2.05, 4.69) is 26.0 Å². The average Bonchev–Trinajstić information content (AvgIpc) is 2.30. The topological polar surface area (TPSA) is 105 Å². The van der Waals surface area contributed by atoms with Gasteiger partial charge >= 0.3 is 0 Å². The van der Waals surface area contributed by atoms with Crippen LogP contribution >= 0.6 is 11.6 Å². The van der Waals surface area contributed by atoms with Gasteiger partial charge in [0.15, 0.2) is 5.82 Å². The Labute approximate surface area is 97.8 Å². The zero-order valence-electron chi connectivity index (χ0n) is 8.91. The summed E-state index contributed by atoms with van der Waals surface area (Å²) in [6.45, 7) is 1.69. The fraction of sp³-hybridized carbons (Fsp3) is 0.375. The van der Waals surface area contributed by atoms with Crippen LogP contribution in [0.3, 0.4) is 0 Å². The van der Waals surface area contributed by atoms with Crippen molar-refractivity contribution in [3.8, 4) is 0 Å². The van der Waals surface area contributed by atoms with Crippen LogP contribution in [0.15, 0.2) is 6.20 Å². The predicted octanol–water partition coefficient (Wildman–Crippen LogP) is -0.0380. The van der Waals surface area contributed by atoms with Crippen LogP contribution in [0.1, 0.15) is 6.92 Å². The summed E-state index contributed by atoms with van der Waals surface area (Å²) in [6.07, 6.45) is 1.39. The van der Waals surface area contributed by atoms with Gasteiger partial charge in [0.2, 0.25) is 11.9 Å². The maximum Gasteiger partial charge on any atom is 0.241 e. The van der Waals surface area contributed by atoms with Gasteiger partial charge in [0, 0.05) is 7.05 Å². The molecular weight excluding hydrogens is 232 g/mol. The maximum absolute atomic E-state index is 11.3. The average molecular weight is 245 g/mol. The van der Waals surface area contributed by atoms with Crippen molar-refractivity contribution < 1.29 is 4.79 Å². The maximum atomic E-state index is 11.3. The Morgan fingerprint density at radius 1 is 1.62 bits per heavy atom. The first-order valence-corrected chi connectivity index (χ1v) is 4.93. The van der Waals surface area contributed by atoms with Crippen LogP contribution in [-0.2, 0) is 4.79 Å². The second kappa shape index (κ2) is 5.47. The lowest BCUT2D eigenvalue weighted by molar-refractivity contribution is -0.121. The number of nitrogens with two attached hydrogens (primary N) is 1. The molecule has 16 heavy (non-hydrogen) atoms. The lowest BCUT2D eigenvalue weighted by Crippen LogP contribution is -2.35. The fourth-order valence-corrected chi connectivity index (χ4v) is 1.17. The molecule has 88 valence electrons. The summed E-state index contributed by atoms with van der Waals surface area (Å²) in [4.78, 5) is 19.1. The summed E-state index contributed by atoms with van der Waals surface area (Å²) >= 11 is 5.86. The standard InChI is InChI=1S/C8H13ClN6O/c1-4(7(16)11-2)13-6-5(9)3-12-8(14-6)15-10/h3-4H,10H2,1-2H3,(H,11,16)(H2,12,13,14,15). The van der Waals surface area contributed by atoms with Crippen LogP contribution in [-0.4, -0.2) is 29.0 Å². The van der Waals surface area contributed by atoms with Crippen molar-refractivity contribution in [1.82, 2.24) is 15.3 Å². The normalized spacial score (nSPS) is 11.8. The van der Waals surface area contributed by atoms with E-state index >= 15 is 0 Å². The number of hydrogen-bond donors (Lipinski definition) is 4. The van der Waals surface area contributed by atoms with Crippen LogP contribution in [0.5, 0.6) is 0 Å². The number of rotatable bonds is 4. The Morgan fingerprint density at radius 3 is 2.88 bits per heavy atom. The van der Waals surface area contributed by atoms with Gasteiger partial charge in [0.1, 0.15) is 11.1 Å². The van der Waals surface area contributed by atoms with E-state index in [0.29, 0.717) is 10.8 Å².